The highest BCUT2D eigenvalue weighted by molar-refractivity contribution is 6.28. The van der Waals surface area contributed by atoms with Gasteiger partial charge in [0.25, 0.3) is 0 Å². The number of anilines is 3. The van der Waals surface area contributed by atoms with Crippen molar-refractivity contribution in [1.29, 1.82) is 0 Å². The van der Waals surface area contributed by atoms with Gasteiger partial charge in [-0.25, -0.2) is 0 Å². The van der Waals surface area contributed by atoms with E-state index in [1.165, 1.54) is 0 Å². The fourth-order valence-electron chi connectivity index (χ4n) is 5.13. The quantitative estimate of drug-likeness (QED) is 0.432. The molecular formula is C25H34ClF3N6O. The number of alkyl halides is 3. The molecule has 1 aliphatic carbocycles. The van der Waals surface area contributed by atoms with Gasteiger partial charge in [-0.1, -0.05) is 19.1 Å². The van der Waals surface area contributed by atoms with E-state index in [0.717, 1.165) is 43.4 Å². The third kappa shape index (κ3) is 5.50. The molecule has 1 unspecified atom stereocenters. The molecule has 11 heteroatoms. The first-order valence-electron chi connectivity index (χ1n) is 12.4. The zero-order valence-electron chi connectivity index (χ0n) is 20.8. The molecule has 2 aliphatic rings. The van der Waals surface area contributed by atoms with Crippen LogP contribution in [-0.4, -0.2) is 57.3 Å². The molecule has 7 nitrogen and oxygen atoms in total. The van der Waals surface area contributed by atoms with Gasteiger partial charge in [0.05, 0.1) is 11.2 Å². The van der Waals surface area contributed by atoms with Crippen molar-refractivity contribution in [3.63, 3.8) is 0 Å². The zero-order valence-corrected chi connectivity index (χ0v) is 21.6. The summed E-state index contributed by atoms with van der Waals surface area (Å²) in [6.45, 7) is 7.83. The average molecular weight is 527 g/mol. The lowest BCUT2D eigenvalue weighted by Gasteiger charge is -2.48. The Kier molecular flexibility index (Phi) is 7.60. The molecule has 2 aromatic rings. The number of hydrogen-bond donors (Lipinski definition) is 3. The van der Waals surface area contributed by atoms with Crippen LogP contribution in [0.15, 0.2) is 24.3 Å². The summed E-state index contributed by atoms with van der Waals surface area (Å²) < 4.78 is 39.0. The van der Waals surface area contributed by atoms with E-state index in [-0.39, 0.29) is 23.4 Å². The molecule has 0 spiro atoms. The molecule has 1 aliphatic heterocycles. The lowest BCUT2D eigenvalue weighted by atomic mass is 9.80. The number of nitrogens with two attached hydrogens (primary N) is 1. The normalized spacial score (nSPS) is 23.3. The second kappa shape index (κ2) is 10.2. The van der Waals surface area contributed by atoms with E-state index in [1.807, 2.05) is 6.92 Å². The number of halogens is 4. The van der Waals surface area contributed by atoms with Crippen LogP contribution in [-0.2, 0) is 6.18 Å². The molecule has 198 valence electrons. The number of hydrogen-bond acceptors (Lipinski definition) is 7. The third-order valence-corrected chi connectivity index (χ3v) is 7.78. The van der Waals surface area contributed by atoms with E-state index in [2.05, 4.69) is 38.9 Å². The van der Waals surface area contributed by atoms with Crippen LogP contribution in [0.25, 0.3) is 0 Å². The first-order chi connectivity index (χ1) is 16.9. The molecule has 0 bridgehead atoms. The van der Waals surface area contributed by atoms with Crippen LogP contribution in [0.2, 0.25) is 5.28 Å². The third-order valence-electron chi connectivity index (χ3n) is 7.61. The van der Waals surface area contributed by atoms with E-state index < -0.39 is 17.3 Å². The number of aromatic nitrogens is 2. The number of aliphatic hydroxyl groups is 1. The summed E-state index contributed by atoms with van der Waals surface area (Å²) in [6, 6.07) is 5.49. The summed E-state index contributed by atoms with van der Waals surface area (Å²) >= 11 is 6.26. The van der Waals surface area contributed by atoms with Crippen LogP contribution in [0.4, 0.5) is 30.5 Å². The molecule has 0 amide bonds. The molecular weight excluding hydrogens is 493 g/mol. The predicted molar refractivity (Wildman–Crippen MR) is 136 cm³/mol. The summed E-state index contributed by atoms with van der Waals surface area (Å²) in [7, 11) is 0. The topological polar surface area (TPSA) is 90.5 Å². The number of rotatable bonds is 7. The number of piperazine rings is 1. The van der Waals surface area contributed by atoms with E-state index in [9.17, 15) is 18.3 Å². The van der Waals surface area contributed by atoms with Crippen LogP contribution in [0.3, 0.4) is 0 Å². The highest BCUT2D eigenvalue weighted by atomic mass is 35.5. The smallest absolute Gasteiger partial charge is 0.393 e. The monoisotopic (exact) mass is 526 g/mol. The molecule has 1 aromatic heterocycles. The van der Waals surface area contributed by atoms with Crippen LogP contribution in [0, 0.1) is 0 Å². The minimum absolute atomic E-state index is 0.0154. The summed E-state index contributed by atoms with van der Waals surface area (Å²) in [6.07, 6.45) is -1.05. The lowest BCUT2D eigenvalue weighted by molar-refractivity contribution is -0.137. The predicted octanol–water partition coefficient (Wildman–Crippen LogP) is 5.11. The van der Waals surface area contributed by atoms with Crippen molar-refractivity contribution in [3.05, 3.63) is 40.7 Å². The number of nitrogens with one attached hydrogen (secondary N) is 1. The molecule has 2 fully saturated rings. The molecule has 36 heavy (non-hydrogen) atoms. The summed E-state index contributed by atoms with van der Waals surface area (Å²) in [5, 5.41) is 13.7. The van der Waals surface area contributed by atoms with Crippen molar-refractivity contribution in [2.45, 2.75) is 76.4 Å². The van der Waals surface area contributed by atoms with Crippen LogP contribution in [0.5, 0.6) is 0 Å². The van der Waals surface area contributed by atoms with Crippen molar-refractivity contribution >= 4 is 28.9 Å². The standard InChI is InChI=1S/C25H34ClF3N6O/c1-4-19-13-34(22-20(30)21(32-23(26)33-22)31-14-24(36)10-5-11-24)15(2)12-35(19)16(3)17-6-8-18(9-7-17)25(27,28)29/h6-9,15-16,19,36H,4-5,10-14,30H2,1-3H3,(H,31,32,33)/t15-,16?,19+/m0/s1. The summed E-state index contributed by atoms with van der Waals surface area (Å²) in [4.78, 5) is 13.1. The van der Waals surface area contributed by atoms with Gasteiger partial charge in [-0.05, 0) is 68.8 Å². The highest BCUT2D eigenvalue weighted by Gasteiger charge is 2.37. The van der Waals surface area contributed by atoms with Gasteiger partial charge in [0, 0.05) is 37.8 Å². The molecule has 4 rings (SSSR count). The van der Waals surface area contributed by atoms with Crippen molar-refractivity contribution in [1.82, 2.24) is 14.9 Å². The summed E-state index contributed by atoms with van der Waals surface area (Å²) in [5.41, 5.74) is 6.31. The molecule has 4 N–H and O–H groups in total. The SMILES string of the molecule is CC[C@@H]1CN(c2nc(Cl)nc(NCC3(O)CCC3)c2N)[C@@H](C)CN1C(C)c1ccc(C(F)(F)F)cc1. The number of nitrogen functional groups attached to an aromatic ring is 1. The van der Waals surface area contributed by atoms with Gasteiger partial charge in [-0.15, -0.1) is 0 Å². The zero-order chi connectivity index (χ0) is 26.3. The largest absolute Gasteiger partial charge is 0.416 e. The van der Waals surface area contributed by atoms with Gasteiger partial charge in [-0.2, -0.15) is 23.1 Å². The van der Waals surface area contributed by atoms with Crippen LogP contribution >= 0.6 is 11.6 Å². The van der Waals surface area contributed by atoms with E-state index in [4.69, 9.17) is 17.3 Å². The maximum atomic E-state index is 13.0. The van der Waals surface area contributed by atoms with Gasteiger partial charge < -0.3 is 21.1 Å². The van der Waals surface area contributed by atoms with Crippen LogP contribution < -0.4 is 16.0 Å². The van der Waals surface area contributed by atoms with Crippen molar-refractivity contribution in [2.24, 2.45) is 0 Å². The molecule has 1 saturated heterocycles. The van der Waals surface area contributed by atoms with Gasteiger partial charge in [0.2, 0.25) is 5.28 Å². The fourth-order valence-corrected chi connectivity index (χ4v) is 5.30. The number of benzene rings is 1. The lowest BCUT2D eigenvalue weighted by Crippen LogP contribution is -2.58. The molecule has 3 atom stereocenters. The summed E-state index contributed by atoms with van der Waals surface area (Å²) in [5.74, 6) is 0.956. The highest BCUT2D eigenvalue weighted by Crippen LogP contribution is 2.37. The molecule has 1 saturated carbocycles. The van der Waals surface area contributed by atoms with Gasteiger partial charge >= 0.3 is 6.18 Å². The maximum Gasteiger partial charge on any atom is 0.416 e. The van der Waals surface area contributed by atoms with Gasteiger partial charge in [0.15, 0.2) is 11.6 Å². The second-order valence-electron chi connectivity index (χ2n) is 10.1. The van der Waals surface area contributed by atoms with E-state index in [0.29, 0.717) is 37.0 Å². The van der Waals surface area contributed by atoms with Crippen LogP contribution in [0.1, 0.15) is 63.6 Å². The molecule has 2 heterocycles. The Morgan fingerprint density at radius 2 is 1.89 bits per heavy atom. The first-order valence-corrected chi connectivity index (χ1v) is 12.8. The minimum Gasteiger partial charge on any atom is -0.393 e. The Balaban J connectivity index is 1.52. The average Bonchev–Trinajstić information content (AvgIpc) is 2.82. The van der Waals surface area contributed by atoms with E-state index in [1.54, 1.807) is 12.1 Å². The van der Waals surface area contributed by atoms with Gasteiger partial charge in [-0.3, -0.25) is 4.90 Å². The van der Waals surface area contributed by atoms with Crippen molar-refractivity contribution in [3.8, 4) is 0 Å². The van der Waals surface area contributed by atoms with Gasteiger partial charge in [0.1, 0.15) is 5.69 Å². The maximum absolute atomic E-state index is 13.0. The Bertz CT molecular complexity index is 1060. The van der Waals surface area contributed by atoms with Crippen molar-refractivity contribution in [2.75, 3.05) is 35.6 Å². The second-order valence-corrected chi connectivity index (χ2v) is 10.4. The first kappa shape index (κ1) is 26.8. The molecule has 0 radical (unpaired) electrons. The number of nitrogens with zero attached hydrogens (tertiary/aromatic N) is 4. The molecule has 1 aromatic carbocycles. The van der Waals surface area contributed by atoms with E-state index >= 15 is 0 Å². The Morgan fingerprint density at radius 3 is 2.44 bits per heavy atom. The Morgan fingerprint density at radius 1 is 1.22 bits per heavy atom. The Labute approximate surface area is 214 Å². The minimum atomic E-state index is -4.35. The fraction of sp³-hybridized carbons (Fsp3) is 0.600. The van der Waals surface area contributed by atoms with Crippen molar-refractivity contribution < 1.29 is 18.3 Å². The Hall–Kier alpha value is -2.30.